The van der Waals surface area contributed by atoms with E-state index in [1.54, 1.807) is 17.8 Å². The summed E-state index contributed by atoms with van der Waals surface area (Å²) in [6, 6.07) is 3.79. The summed E-state index contributed by atoms with van der Waals surface area (Å²) in [5.41, 5.74) is 0. The Morgan fingerprint density at radius 2 is 2.00 bits per heavy atom. The van der Waals surface area contributed by atoms with E-state index in [0.717, 1.165) is 30.5 Å². The largest absolute Gasteiger partial charge is 0.298 e. The van der Waals surface area contributed by atoms with Crippen LogP contribution in [0, 0.1) is 5.92 Å². The Bertz CT molecular complexity index is 533. The molecular weight excluding hydrogens is 310 g/mol. The van der Waals surface area contributed by atoms with Crippen molar-refractivity contribution in [1.29, 1.82) is 0 Å². The van der Waals surface area contributed by atoms with Gasteiger partial charge in [0.1, 0.15) is 4.21 Å². The minimum Gasteiger partial charge on any atom is -0.298 e. The number of sulfone groups is 1. The molecule has 0 spiro atoms. The molecule has 0 saturated carbocycles. The number of thiophene rings is 1. The molecule has 0 unspecified atom stereocenters. The van der Waals surface area contributed by atoms with Gasteiger partial charge in [0.2, 0.25) is 0 Å². The number of thioether (sulfide) groups is 1. The van der Waals surface area contributed by atoms with Crippen LogP contribution in [0.1, 0.15) is 19.8 Å². The number of piperidine rings is 1. The zero-order valence-electron chi connectivity index (χ0n) is 11.7. The summed E-state index contributed by atoms with van der Waals surface area (Å²) in [6.45, 7) is 4.41. The summed E-state index contributed by atoms with van der Waals surface area (Å²) in [5, 5.41) is 1.63. The van der Waals surface area contributed by atoms with Gasteiger partial charge in [-0.25, -0.2) is 8.42 Å². The fourth-order valence-electron chi connectivity index (χ4n) is 3.10. The van der Waals surface area contributed by atoms with E-state index in [1.807, 2.05) is 11.4 Å². The molecule has 0 amide bonds. The predicted molar refractivity (Wildman–Crippen MR) is 86.4 cm³/mol. The normalized spacial score (nSPS) is 29.9. The number of hydrogen-bond donors (Lipinski definition) is 0. The minimum absolute atomic E-state index is 0.208. The van der Waals surface area contributed by atoms with Crippen molar-refractivity contribution in [2.24, 2.45) is 5.92 Å². The Kier molecular flexibility index (Phi) is 4.45. The van der Waals surface area contributed by atoms with Crippen molar-refractivity contribution in [2.45, 2.75) is 35.3 Å². The highest BCUT2D eigenvalue weighted by Gasteiger charge is 2.42. The number of hydrogen-bond acceptors (Lipinski definition) is 5. The van der Waals surface area contributed by atoms with E-state index >= 15 is 0 Å². The summed E-state index contributed by atoms with van der Waals surface area (Å²) in [4.78, 5) is 2.43. The first-order valence-electron chi connectivity index (χ1n) is 7.18. The molecule has 6 heteroatoms. The summed E-state index contributed by atoms with van der Waals surface area (Å²) in [6.07, 6.45) is 2.40. The van der Waals surface area contributed by atoms with Crippen LogP contribution in [0.2, 0.25) is 0 Å². The lowest BCUT2D eigenvalue weighted by atomic mass is 9.98. The van der Waals surface area contributed by atoms with Gasteiger partial charge < -0.3 is 0 Å². The first-order chi connectivity index (χ1) is 9.59. The molecule has 20 heavy (non-hydrogen) atoms. The molecule has 2 aliphatic heterocycles. The zero-order chi connectivity index (χ0) is 14.2. The van der Waals surface area contributed by atoms with Gasteiger partial charge in [-0.05, 0) is 43.3 Å². The van der Waals surface area contributed by atoms with E-state index in [2.05, 4.69) is 11.8 Å². The Morgan fingerprint density at radius 3 is 2.65 bits per heavy atom. The van der Waals surface area contributed by atoms with Gasteiger partial charge in [0, 0.05) is 17.5 Å². The quantitative estimate of drug-likeness (QED) is 0.853. The van der Waals surface area contributed by atoms with Crippen LogP contribution in [0.15, 0.2) is 21.7 Å². The second-order valence-electron chi connectivity index (χ2n) is 5.84. The molecule has 2 saturated heterocycles. The molecular formula is C14H21NO2S3. The van der Waals surface area contributed by atoms with E-state index < -0.39 is 9.84 Å². The molecule has 0 aliphatic carbocycles. The van der Waals surface area contributed by atoms with Gasteiger partial charge in [-0.2, -0.15) is 11.8 Å². The third kappa shape index (κ3) is 2.80. The molecule has 0 bridgehead atoms. The van der Waals surface area contributed by atoms with Crippen LogP contribution < -0.4 is 0 Å². The van der Waals surface area contributed by atoms with Crippen LogP contribution in [0.3, 0.4) is 0 Å². The molecule has 3 rings (SSSR count). The second kappa shape index (κ2) is 5.99. The Labute approximate surface area is 129 Å². The fourth-order valence-corrected chi connectivity index (χ4v) is 8.27. The standard InChI is InChI=1S/C14H21NO2S3/c1-11-4-6-15(7-5-11)12-9-18-10-13(12)20(16,17)14-3-2-8-19-14/h2-3,8,11-13H,4-7,9-10H2,1H3/t12-,13-/m0/s1. The average molecular weight is 332 g/mol. The van der Waals surface area contributed by atoms with Crippen LogP contribution in [0.5, 0.6) is 0 Å². The van der Waals surface area contributed by atoms with E-state index in [-0.39, 0.29) is 11.3 Å². The Hall–Kier alpha value is -0.0400. The smallest absolute Gasteiger partial charge is 0.192 e. The summed E-state index contributed by atoms with van der Waals surface area (Å²) in [5.74, 6) is 2.49. The van der Waals surface area contributed by atoms with E-state index in [0.29, 0.717) is 4.21 Å². The molecule has 112 valence electrons. The van der Waals surface area contributed by atoms with Crippen molar-refractivity contribution in [3.63, 3.8) is 0 Å². The summed E-state index contributed by atoms with van der Waals surface area (Å²) in [7, 11) is -3.15. The van der Waals surface area contributed by atoms with Crippen LogP contribution in [-0.4, -0.2) is 49.2 Å². The highest BCUT2D eigenvalue weighted by Crippen LogP contribution is 2.34. The van der Waals surface area contributed by atoms with Crippen molar-refractivity contribution in [1.82, 2.24) is 4.90 Å². The van der Waals surface area contributed by atoms with Crippen LogP contribution >= 0.6 is 23.1 Å². The van der Waals surface area contributed by atoms with Gasteiger partial charge in [0.25, 0.3) is 0 Å². The molecule has 0 radical (unpaired) electrons. The van der Waals surface area contributed by atoms with Crippen LogP contribution in [-0.2, 0) is 9.84 Å². The van der Waals surface area contributed by atoms with Gasteiger partial charge in [-0.15, -0.1) is 11.3 Å². The lowest BCUT2D eigenvalue weighted by molar-refractivity contribution is 0.151. The van der Waals surface area contributed by atoms with E-state index in [9.17, 15) is 8.42 Å². The first kappa shape index (κ1) is 14.9. The fraction of sp³-hybridized carbons (Fsp3) is 0.714. The van der Waals surface area contributed by atoms with Gasteiger partial charge in [-0.3, -0.25) is 4.90 Å². The molecule has 3 nitrogen and oxygen atoms in total. The van der Waals surface area contributed by atoms with Gasteiger partial charge in [0.15, 0.2) is 9.84 Å². The van der Waals surface area contributed by atoms with Crippen molar-refractivity contribution < 1.29 is 8.42 Å². The van der Waals surface area contributed by atoms with Gasteiger partial charge in [0.05, 0.1) is 5.25 Å². The lowest BCUT2D eigenvalue weighted by Gasteiger charge is -2.36. The monoisotopic (exact) mass is 331 g/mol. The second-order valence-corrected chi connectivity index (χ2v) is 10.3. The molecule has 1 aromatic heterocycles. The first-order valence-corrected chi connectivity index (χ1v) is 10.8. The maximum absolute atomic E-state index is 12.8. The summed E-state index contributed by atoms with van der Waals surface area (Å²) >= 11 is 3.14. The van der Waals surface area contributed by atoms with E-state index in [4.69, 9.17) is 0 Å². The van der Waals surface area contributed by atoms with Gasteiger partial charge >= 0.3 is 0 Å². The summed E-state index contributed by atoms with van der Waals surface area (Å²) < 4.78 is 26.1. The molecule has 1 aromatic rings. The number of rotatable bonds is 3. The highest BCUT2D eigenvalue weighted by molar-refractivity contribution is 8.02. The van der Waals surface area contributed by atoms with Crippen molar-refractivity contribution in [3.8, 4) is 0 Å². The maximum atomic E-state index is 12.8. The van der Waals surface area contributed by atoms with Crippen LogP contribution in [0.4, 0.5) is 0 Å². The molecule has 2 atom stereocenters. The predicted octanol–water partition coefficient (Wildman–Crippen LogP) is 2.74. The highest BCUT2D eigenvalue weighted by atomic mass is 32.2. The molecule has 0 N–H and O–H groups in total. The molecule has 3 heterocycles. The number of likely N-dealkylation sites (tertiary alicyclic amines) is 1. The van der Waals surface area contributed by atoms with Gasteiger partial charge in [-0.1, -0.05) is 13.0 Å². The topological polar surface area (TPSA) is 37.4 Å². The Morgan fingerprint density at radius 1 is 1.25 bits per heavy atom. The van der Waals surface area contributed by atoms with E-state index in [1.165, 1.54) is 24.2 Å². The SMILES string of the molecule is CC1CCN([C@H]2CSC[C@@H]2S(=O)(=O)c2cccs2)CC1. The lowest BCUT2D eigenvalue weighted by Crippen LogP contribution is -2.49. The molecule has 0 aromatic carbocycles. The molecule has 2 fully saturated rings. The van der Waals surface area contributed by atoms with Crippen molar-refractivity contribution in [2.75, 3.05) is 24.6 Å². The third-order valence-corrected chi connectivity index (χ3v) is 9.47. The van der Waals surface area contributed by atoms with Crippen molar-refractivity contribution >= 4 is 32.9 Å². The minimum atomic E-state index is -3.15. The van der Waals surface area contributed by atoms with Crippen molar-refractivity contribution in [3.05, 3.63) is 17.5 Å². The Balaban J connectivity index is 1.79. The average Bonchev–Trinajstić information content (AvgIpc) is 3.11. The number of nitrogens with zero attached hydrogens (tertiary/aromatic N) is 1. The molecule has 2 aliphatic rings. The maximum Gasteiger partial charge on any atom is 0.192 e. The third-order valence-electron chi connectivity index (χ3n) is 4.46. The van der Waals surface area contributed by atoms with Crippen LogP contribution in [0.25, 0.3) is 0 Å². The zero-order valence-corrected chi connectivity index (χ0v) is 14.1.